The molecule has 0 aliphatic heterocycles. The van der Waals surface area contributed by atoms with Crippen LogP contribution in [0.5, 0.6) is 11.5 Å². The first-order valence-electron chi connectivity index (χ1n) is 10.6. The van der Waals surface area contributed by atoms with Crippen LogP contribution < -0.4 is 4.74 Å². The first-order chi connectivity index (χ1) is 15.4. The number of carboxylic acids is 1. The topological polar surface area (TPSA) is 46.5 Å². The molecule has 1 aliphatic rings. The van der Waals surface area contributed by atoms with Gasteiger partial charge >= 0.3 is 5.97 Å². The fraction of sp³-hybridized carbons (Fsp3) is 0.269. The van der Waals surface area contributed by atoms with Crippen LogP contribution in [-0.2, 0) is 11.2 Å². The number of benzene rings is 3. The molecule has 0 amide bonds. The number of carbonyl (C=O) groups is 1. The minimum atomic E-state index is -2.45. The highest BCUT2D eigenvalue weighted by Crippen LogP contribution is 2.51. The number of aliphatic carboxylic acids is 1. The van der Waals surface area contributed by atoms with Gasteiger partial charge in [-0.25, -0.2) is 13.6 Å². The number of para-hydroxylation sites is 1. The van der Waals surface area contributed by atoms with Crippen LogP contribution in [0, 0.1) is 11.7 Å². The SMILES string of the molecule is O=C(O)[C@](F)(CCc1ccc(F)c(Oc2ccccc2)c1)C(c1ccc(Cl)cc1)C1CC1. The Morgan fingerprint density at radius 2 is 1.78 bits per heavy atom. The van der Waals surface area contributed by atoms with E-state index in [0.29, 0.717) is 21.9 Å². The van der Waals surface area contributed by atoms with E-state index in [9.17, 15) is 14.3 Å². The molecule has 3 aromatic carbocycles. The number of halogens is 3. The molecule has 3 nitrogen and oxygen atoms in total. The van der Waals surface area contributed by atoms with Crippen LogP contribution in [0.4, 0.5) is 8.78 Å². The lowest BCUT2D eigenvalue weighted by molar-refractivity contribution is -0.153. The number of ether oxygens (including phenoxy) is 1. The molecule has 1 fully saturated rings. The molecule has 0 heterocycles. The van der Waals surface area contributed by atoms with Gasteiger partial charge in [0.2, 0.25) is 5.67 Å². The smallest absolute Gasteiger partial charge is 0.342 e. The molecule has 2 atom stereocenters. The number of hydrogen-bond acceptors (Lipinski definition) is 2. The highest BCUT2D eigenvalue weighted by atomic mass is 35.5. The van der Waals surface area contributed by atoms with E-state index < -0.39 is 23.4 Å². The second kappa shape index (κ2) is 9.29. The molecule has 1 unspecified atom stereocenters. The van der Waals surface area contributed by atoms with Crippen molar-refractivity contribution in [2.75, 3.05) is 0 Å². The predicted molar refractivity (Wildman–Crippen MR) is 120 cm³/mol. The van der Waals surface area contributed by atoms with Crippen LogP contribution in [-0.4, -0.2) is 16.7 Å². The summed E-state index contributed by atoms with van der Waals surface area (Å²) in [5, 5.41) is 10.4. The molecule has 0 saturated heterocycles. The number of rotatable bonds is 9. The lowest BCUT2D eigenvalue weighted by Gasteiger charge is -2.31. The average Bonchev–Trinajstić information content (AvgIpc) is 3.61. The number of aryl methyl sites for hydroxylation is 1. The summed E-state index contributed by atoms with van der Waals surface area (Å²) < 4.78 is 36.0. The van der Waals surface area contributed by atoms with Crippen LogP contribution in [0.1, 0.15) is 36.3 Å². The summed E-state index contributed by atoms with van der Waals surface area (Å²) in [6.45, 7) is 0. The van der Waals surface area contributed by atoms with E-state index in [1.807, 2.05) is 6.07 Å². The van der Waals surface area contributed by atoms with Gasteiger partial charge in [0.1, 0.15) is 5.75 Å². The zero-order chi connectivity index (χ0) is 22.7. The molecule has 6 heteroatoms. The quantitative estimate of drug-likeness (QED) is 0.370. The first-order valence-corrected chi connectivity index (χ1v) is 10.9. The van der Waals surface area contributed by atoms with Crippen molar-refractivity contribution in [2.45, 2.75) is 37.3 Å². The Morgan fingerprint density at radius 3 is 2.41 bits per heavy atom. The lowest BCUT2D eigenvalue weighted by Crippen LogP contribution is -2.42. The van der Waals surface area contributed by atoms with E-state index in [4.69, 9.17) is 16.3 Å². The van der Waals surface area contributed by atoms with Crippen molar-refractivity contribution in [2.24, 2.45) is 5.92 Å². The van der Waals surface area contributed by atoms with Crippen molar-refractivity contribution in [3.63, 3.8) is 0 Å². The third kappa shape index (κ3) is 4.94. The molecule has 1 aliphatic carbocycles. The second-order valence-corrected chi connectivity index (χ2v) is 8.65. The van der Waals surface area contributed by atoms with E-state index in [-0.39, 0.29) is 24.5 Å². The first kappa shape index (κ1) is 22.3. The Balaban J connectivity index is 1.56. The molecule has 4 rings (SSSR count). The van der Waals surface area contributed by atoms with Gasteiger partial charge in [0, 0.05) is 10.9 Å². The summed E-state index contributed by atoms with van der Waals surface area (Å²) in [7, 11) is 0. The van der Waals surface area contributed by atoms with E-state index in [1.54, 1.807) is 48.5 Å². The zero-order valence-electron chi connectivity index (χ0n) is 17.3. The van der Waals surface area contributed by atoms with Crippen LogP contribution in [0.2, 0.25) is 5.02 Å². The molecular weight excluding hydrogens is 434 g/mol. The van der Waals surface area contributed by atoms with Crippen molar-refractivity contribution in [1.82, 2.24) is 0 Å². The second-order valence-electron chi connectivity index (χ2n) is 8.21. The molecule has 166 valence electrons. The van der Waals surface area contributed by atoms with Gasteiger partial charge in [0.15, 0.2) is 11.6 Å². The van der Waals surface area contributed by atoms with Crippen LogP contribution >= 0.6 is 11.6 Å². The molecule has 32 heavy (non-hydrogen) atoms. The third-order valence-corrected chi connectivity index (χ3v) is 6.17. The lowest BCUT2D eigenvalue weighted by atomic mass is 9.76. The van der Waals surface area contributed by atoms with Gasteiger partial charge in [-0.3, -0.25) is 0 Å². The van der Waals surface area contributed by atoms with Crippen molar-refractivity contribution in [1.29, 1.82) is 0 Å². The summed E-state index contributed by atoms with van der Waals surface area (Å²) in [6.07, 6.45) is 1.48. The summed E-state index contributed by atoms with van der Waals surface area (Å²) in [6, 6.07) is 19.8. The molecular formula is C26H23ClF2O3. The van der Waals surface area contributed by atoms with Gasteiger partial charge in [0.25, 0.3) is 0 Å². The molecule has 0 aromatic heterocycles. The van der Waals surface area contributed by atoms with Crippen molar-refractivity contribution in [3.05, 3.63) is 94.8 Å². The molecule has 3 aromatic rings. The van der Waals surface area contributed by atoms with Crippen LogP contribution in [0.3, 0.4) is 0 Å². The summed E-state index contributed by atoms with van der Waals surface area (Å²) in [4.78, 5) is 12.1. The van der Waals surface area contributed by atoms with Gasteiger partial charge in [-0.05, 0) is 79.1 Å². The summed E-state index contributed by atoms with van der Waals surface area (Å²) in [5.74, 6) is -2.32. The number of alkyl halides is 1. The summed E-state index contributed by atoms with van der Waals surface area (Å²) >= 11 is 5.96. The largest absolute Gasteiger partial charge is 0.479 e. The molecule has 0 bridgehead atoms. The van der Waals surface area contributed by atoms with Gasteiger partial charge in [-0.15, -0.1) is 0 Å². The van der Waals surface area contributed by atoms with Crippen LogP contribution in [0.25, 0.3) is 0 Å². The van der Waals surface area contributed by atoms with Crippen LogP contribution in [0.15, 0.2) is 72.8 Å². The van der Waals surface area contributed by atoms with Gasteiger partial charge < -0.3 is 9.84 Å². The normalized spacial score (nSPS) is 16.2. The van der Waals surface area contributed by atoms with Crippen molar-refractivity contribution >= 4 is 17.6 Å². The van der Waals surface area contributed by atoms with Gasteiger partial charge in [0.05, 0.1) is 0 Å². The average molecular weight is 457 g/mol. The molecule has 0 radical (unpaired) electrons. The standard InChI is InChI=1S/C26H23ClF2O3/c27-20-11-9-19(10-12-20)24(18-7-8-18)26(29,25(30)31)15-14-17-6-13-22(28)23(16-17)32-21-4-2-1-3-5-21/h1-6,9-13,16,18,24H,7-8,14-15H2,(H,30,31)/t24?,26-/m0/s1. The van der Waals surface area contributed by atoms with Gasteiger partial charge in [-0.1, -0.05) is 48.0 Å². The van der Waals surface area contributed by atoms with E-state index in [1.165, 1.54) is 18.2 Å². The summed E-state index contributed by atoms with van der Waals surface area (Å²) in [5.41, 5.74) is -1.22. The van der Waals surface area contributed by atoms with E-state index in [2.05, 4.69) is 0 Å². The molecule has 0 spiro atoms. The zero-order valence-corrected chi connectivity index (χ0v) is 18.1. The van der Waals surface area contributed by atoms with E-state index >= 15 is 4.39 Å². The van der Waals surface area contributed by atoms with E-state index in [0.717, 1.165) is 12.8 Å². The fourth-order valence-electron chi connectivity index (χ4n) is 4.13. The Morgan fingerprint density at radius 1 is 1.09 bits per heavy atom. The maximum absolute atomic E-state index is 16.1. The Hall–Kier alpha value is -2.92. The maximum atomic E-state index is 16.1. The predicted octanol–water partition coefficient (Wildman–Crippen LogP) is 7.19. The highest BCUT2D eigenvalue weighted by Gasteiger charge is 2.53. The minimum Gasteiger partial charge on any atom is -0.479 e. The monoisotopic (exact) mass is 456 g/mol. The van der Waals surface area contributed by atoms with Gasteiger partial charge in [-0.2, -0.15) is 0 Å². The Labute approximate surface area is 190 Å². The fourth-order valence-corrected chi connectivity index (χ4v) is 4.25. The maximum Gasteiger partial charge on any atom is 0.342 e. The molecule has 1 N–H and O–H groups in total. The molecule has 1 saturated carbocycles. The highest BCUT2D eigenvalue weighted by molar-refractivity contribution is 6.30. The van der Waals surface area contributed by atoms with Crippen molar-refractivity contribution in [3.8, 4) is 11.5 Å². The Bertz CT molecular complexity index is 1080. The minimum absolute atomic E-state index is 0.0185. The number of carboxylic acid groups (broad SMARTS) is 1. The number of hydrogen-bond donors (Lipinski definition) is 1. The Kier molecular flexibility index (Phi) is 6.47. The third-order valence-electron chi connectivity index (χ3n) is 5.92. The van der Waals surface area contributed by atoms with Crippen molar-refractivity contribution < 1.29 is 23.4 Å².